The van der Waals surface area contributed by atoms with Gasteiger partial charge in [0.2, 0.25) is 0 Å². The van der Waals surface area contributed by atoms with Crippen molar-refractivity contribution in [3.8, 4) is 0 Å². The Balaban J connectivity index is 0. The summed E-state index contributed by atoms with van der Waals surface area (Å²) in [5, 5.41) is 9.58. The number of hydrogen-bond donors (Lipinski definition) is 3. The van der Waals surface area contributed by atoms with E-state index in [0.29, 0.717) is 6.17 Å². The van der Waals surface area contributed by atoms with Gasteiger partial charge < -0.3 is 10.6 Å². The maximum Gasteiger partial charge on any atom is 0.0552 e. The van der Waals surface area contributed by atoms with Crippen LogP contribution < -0.4 is 16.0 Å². The minimum absolute atomic E-state index is 0.410. The molecule has 0 bridgehead atoms. The number of nitrogens with one attached hydrogen (secondary N) is 3. The van der Waals surface area contributed by atoms with Gasteiger partial charge in [0.15, 0.2) is 0 Å². The highest BCUT2D eigenvalue weighted by Gasteiger charge is 1.94. The molecule has 3 heteroatoms. The largest absolute Gasteiger partial charge is 0.308 e. The van der Waals surface area contributed by atoms with Crippen LogP contribution in [0.25, 0.3) is 0 Å². The van der Waals surface area contributed by atoms with Crippen LogP contribution in [0.2, 0.25) is 0 Å². The van der Waals surface area contributed by atoms with Gasteiger partial charge in [0, 0.05) is 6.67 Å². The van der Waals surface area contributed by atoms with Crippen LogP contribution in [0.3, 0.4) is 0 Å². The van der Waals surface area contributed by atoms with E-state index in [4.69, 9.17) is 0 Å². The monoisotopic (exact) mass is 175 g/mol. The summed E-state index contributed by atoms with van der Waals surface area (Å²) in [6, 6.07) is 0. The van der Waals surface area contributed by atoms with Gasteiger partial charge in [-0.25, -0.2) is 0 Å². The molecule has 0 aromatic carbocycles. The Morgan fingerprint density at radius 2 is 1.75 bits per heavy atom. The first-order chi connectivity index (χ1) is 5.81. The molecule has 76 valence electrons. The molecular weight excluding hydrogens is 150 g/mol. The van der Waals surface area contributed by atoms with Crippen LogP contribution in [0.1, 0.15) is 34.1 Å². The van der Waals surface area contributed by atoms with Crippen molar-refractivity contribution in [3.05, 3.63) is 0 Å². The quantitative estimate of drug-likeness (QED) is 0.530. The average Bonchev–Trinajstić information content (AvgIpc) is 2.14. The molecular formula is C9H25N3. The molecule has 0 aliphatic heterocycles. The first kappa shape index (κ1) is 14.4. The zero-order chi connectivity index (χ0) is 9.82. The standard InChI is InChI=1S/C7H19N3.C2H6/c1-4-5-9-7(2)10-6-8-3;1-2/h7-10H,4-6H2,1-3H3;1-2H3. The third-order valence-electron chi connectivity index (χ3n) is 1.29. The predicted octanol–water partition coefficient (Wildman–Crippen LogP) is 1.12. The van der Waals surface area contributed by atoms with E-state index in [-0.39, 0.29) is 0 Å². The van der Waals surface area contributed by atoms with Crippen LogP contribution in [0.5, 0.6) is 0 Å². The van der Waals surface area contributed by atoms with Crippen LogP contribution in [0, 0.1) is 0 Å². The lowest BCUT2D eigenvalue weighted by molar-refractivity contribution is 0.443. The van der Waals surface area contributed by atoms with Gasteiger partial charge in [0.05, 0.1) is 6.17 Å². The Kier molecular flexibility index (Phi) is 16.2. The molecule has 1 unspecified atom stereocenters. The van der Waals surface area contributed by atoms with E-state index in [1.165, 1.54) is 6.42 Å². The minimum atomic E-state index is 0.410. The molecule has 0 saturated heterocycles. The van der Waals surface area contributed by atoms with Gasteiger partial charge in [-0.05, 0) is 26.9 Å². The Morgan fingerprint density at radius 1 is 1.17 bits per heavy atom. The maximum atomic E-state index is 3.32. The summed E-state index contributed by atoms with van der Waals surface area (Å²) >= 11 is 0. The minimum Gasteiger partial charge on any atom is -0.308 e. The van der Waals surface area contributed by atoms with Crippen molar-refractivity contribution in [2.24, 2.45) is 0 Å². The van der Waals surface area contributed by atoms with Crippen molar-refractivity contribution < 1.29 is 0 Å². The normalized spacial score (nSPS) is 11.8. The lowest BCUT2D eigenvalue weighted by atomic mass is 10.4. The van der Waals surface area contributed by atoms with Crippen molar-refractivity contribution in [1.29, 1.82) is 0 Å². The topological polar surface area (TPSA) is 36.1 Å². The summed E-state index contributed by atoms with van der Waals surface area (Å²) in [6.45, 7) is 10.2. The smallest absolute Gasteiger partial charge is 0.0552 e. The SMILES string of the molecule is CC.CCCNC(C)NCNC. The highest BCUT2D eigenvalue weighted by Crippen LogP contribution is 1.74. The summed E-state index contributed by atoms with van der Waals surface area (Å²) in [7, 11) is 1.93. The number of rotatable bonds is 6. The molecule has 0 aromatic heterocycles. The highest BCUT2D eigenvalue weighted by molar-refractivity contribution is 4.54. The summed E-state index contributed by atoms with van der Waals surface area (Å²) in [5.41, 5.74) is 0. The average molecular weight is 175 g/mol. The Bertz CT molecular complexity index is 58.8. The van der Waals surface area contributed by atoms with Gasteiger partial charge in [0.25, 0.3) is 0 Å². The molecule has 0 heterocycles. The van der Waals surface area contributed by atoms with Gasteiger partial charge in [-0.1, -0.05) is 20.8 Å². The summed E-state index contributed by atoms with van der Waals surface area (Å²) in [4.78, 5) is 0. The van der Waals surface area contributed by atoms with Crippen molar-refractivity contribution >= 4 is 0 Å². The first-order valence-corrected chi connectivity index (χ1v) is 4.92. The van der Waals surface area contributed by atoms with Gasteiger partial charge >= 0.3 is 0 Å². The molecule has 0 saturated carbocycles. The first-order valence-electron chi connectivity index (χ1n) is 4.92. The second kappa shape index (κ2) is 13.5. The summed E-state index contributed by atoms with van der Waals surface area (Å²) < 4.78 is 0. The zero-order valence-electron chi connectivity index (χ0n) is 9.20. The van der Waals surface area contributed by atoms with E-state index in [0.717, 1.165) is 13.2 Å². The molecule has 1 atom stereocenters. The van der Waals surface area contributed by atoms with E-state index >= 15 is 0 Å². The molecule has 0 aliphatic carbocycles. The van der Waals surface area contributed by atoms with E-state index in [9.17, 15) is 0 Å². The Hall–Kier alpha value is -0.120. The van der Waals surface area contributed by atoms with E-state index in [1.807, 2.05) is 20.9 Å². The lowest BCUT2D eigenvalue weighted by Gasteiger charge is -2.14. The van der Waals surface area contributed by atoms with Gasteiger partial charge in [-0.15, -0.1) is 0 Å². The van der Waals surface area contributed by atoms with Crippen LogP contribution in [-0.2, 0) is 0 Å². The molecule has 3 nitrogen and oxygen atoms in total. The van der Waals surface area contributed by atoms with Crippen molar-refractivity contribution in [2.75, 3.05) is 20.3 Å². The fourth-order valence-corrected chi connectivity index (χ4v) is 0.688. The Morgan fingerprint density at radius 3 is 2.17 bits per heavy atom. The van der Waals surface area contributed by atoms with Crippen molar-refractivity contribution in [3.63, 3.8) is 0 Å². The molecule has 0 aliphatic rings. The number of hydrogen-bond acceptors (Lipinski definition) is 3. The summed E-state index contributed by atoms with van der Waals surface area (Å²) in [6.07, 6.45) is 1.60. The maximum absolute atomic E-state index is 3.32. The lowest BCUT2D eigenvalue weighted by Crippen LogP contribution is -2.43. The second-order valence-corrected chi connectivity index (χ2v) is 2.41. The van der Waals surface area contributed by atoms with Crippen LogP contribution in [0.15, 0.2) is 0 Å². The Labute approximate surface area is 77.3 Å². The highest BCUT2D eigenvalue weighted by atomic mass is 15.2. The molecule has 0 rings (SSSR count). The molecule has 0 fully saturated rings. The third-order valence-corrected chi connectivity index (χ3v) is 1.29. The van der Waals surface area contributed by atoms with E-state index in [2.05, 4.69) is 29.8 Å². The van der Waals surface area contributed by atoms with Crippen molar-refractivity contribution in [2.45, 2.75) is 40.3 Å². The van der Waals surface area contributed by atoms with Crippen LogP contribution >= 0.6 is 0 Å². The molecule has 0 spiro atoms. The van der Waals surface area contributed by atoms with Gasteiger partial charge in [0.1, 0.15) is 0 Å². The second-order valence-electron chi connectivity index (χ2n) is 2.41. The van der Waals surface area contributed by atoms with Crippen LogP contribution in [-0.4, -0.2) is 26.4 Å². The fraction of sp³-hybridized carbons (Fsp3) is 1.00. The molecule has 0 aromatic rings. The molecule has 0 radical (unpaired) electrons. The van der Waals surface area contributed by atoms with Gasteiger partial charge in [-0.3, -0.25) is 5.32 Å². The molecule has 12 heavy (non-hydrogen) atoms. The van der Waals surface area contributed by atoms with E-state index in [1.54, 1.807) is 0 Å². The van der Waals surface area contributed by atoms with Crippen LogP contribution in [0.4, 0.5) is 0 Å². The molecule has 3 N–H and O–H groups in total. The predicted molar refractivity (Wildman–Crippen MR) is 56.2 cm³/mol. The summed E-state index contributed by atoms with van der Waals surface area (Å²) in [5.74, 6) is 0. The van der Waals surface area contributed by atoms with Gasteiger partial charge in [-0.2, -0.15) is 0 Å². The molecule has 0 amide bonds. The van der Waals surface area contributed by atoms with E-state index < -0.39 is 0 Å². The fourth-order valence-electron chi connectivity index (χ4n) is 0.688. The zero-order valence-corrected chi connectivity index (χ0v) is 9.20. The van der Waals surface area contributed by atoms with Crippen molar-refractivity contribution in [1.82, 2.24) is 16.0 Å². The third kappa shape index (κ3) is 12.5.